The first-order valence-corrected chi connectivity index (χ1v) is 4.85. The van der Waals surface area contributed by atoms with Gasteiger partial charge < -0.3 is 4.74 Å². The summed E-state index contributed by atoms with van der Waals surface area (Å²) < 4.78 is 5.08. The van der Waals surface area contributed by atoms with Crippen LogP contribution in [0.15, 0.2) is 12.1 Å². The zero-order valence-corrected chi connectivity index (χ0v) is 9.26. The predicted octanol–water partition coefficient (Wildman–Crippen LogP) is 2.30. The normalized spacial score (nSPS) is 9.47. The van der Waals surface area contributed by atoms with E-state index in [0.29, 0.717) is 16.9 Å². The molecule has 0 atom stereocenters. The number of rotatable bonds is 3. The van der Waals surface area contributed by atoms with Crippen LogP contribution in [-0.2, 0) is 0 Å². The number of carbonyl (C=O) groups excluding carboxylic acids is 1. The van der Waals surface area contributed by atoms with E-state index < -0.39 is 0 Å². The highest BCUT2D eigenvalue weighted by atomic mass is 35.5. The van der Waals surface area contributed by atoms with Crippen molar-refractivity contribution in [2.24, 2.45) is 0 Å². The molecular weight excluding hydrogens is 214 g/mol. The van der Waals surface area contributed by atoms with Crippen molar-refractivity contribution in [2.75, 3.05) is 13.0 Å². The van der Waals surface area contributed by atoms with Gasteiger partial charge in [0.2, 0.25) is 0 Å². The molecule has 0 saturated heterocycles. The molecule has 0 radical (unpaired) electrons. The Morgan fingerprint density at radius 1 is 1.60 bits per heavy atom. The maximum absolute atomic E-state index is 11.4. The largest absolute Gasteiger partial charge is 0.496 e. The van der Waals surface area contributed by atoms with Crippen LogP contribution in [0.1, 0.15) is 21.5 Å². The molecule has 0 saturated carbocycles. The number of nitrogens with zero attached hydrogens (tertiary/aromatic N) is 1. The molecule has 15 heavy (non-hydrogen) atoms. The first-order valence-electron chi connectivity index (χ1n) is 4.32. The fraction of sp³-hybridized carbons (Fsp3) is 0.273. The van der Waals surface area contributed by atoms with Crippen LogP contribution < -0.4 is 4.74 Å². The lowest BCUT2D eigenvalue weighted by atomic mass is 10.0. The highest BCUT2D eigenvalue weighted by Crippen LogP contribution is 2.23. The van der Waals surface area contributed by atoms with Crippen LogP contribution in [0.2, 0.25) is 0 Å². The molecule has 0 heterocycles. The summed E-state index contributed by atoms with van der Waals surface area (Å²) in [5.41, 5.74) is 1.57. The first-order chi connectivity index (χ1) is 7.13. The van der Waals surface area contributed by atoms with Crippen LogP contribution in [-0.4, -0.2) is 18.8 Å². The SMILES string of the molecule is COc1cc(C(=O)CCl)cc(C#N)c1C. The van der Waals surface area contributed by atoms with E-state index in [1.54, 1.807) is 13.0 Å². The zero-order valence-electron chi connectivity index (χ0n) is 8.50. The van der Waals surface area contributed by atoms with Crippen molar-refractivity contribution in [2.45, 2.75) is 6.92 Å². The fourth-order valence-corrected chi connectivity index (χ4v) is 1.41. The highest BCUT2D eigenvalue weighted by molar-refractivity contribution is 6.30. The predicted molar refractivity (Wildman–Crippen MR) is 57.5 cm³/mol. The Morgan fingerprint density at radius 3 is 2.73 bits per heavy atom. The minimum absolute atomic E-state index is 0.100. The standard InChI is InChI=1S/C11H10ClNO2/c1-7-9(6-13)3-8(10(14)5-12)4-11(7)15-2/h3-4H,5H2,1-2H3. The number of ketones is 1. The number of hydrogen-bond donors (Lipinski definition) is 0. The summed E-state index contributed by atoms with van der Waals surface area (Å²) in [4.78, 5) is 11.4. The second-order valence-corrected chi connectivity index (χ2v) is 3.29. The monoisotopic (exact) mass is 223 g/mol. The number of benzene rings is 1. The lowest BCUT2D eigenvalue weighted by Gasteiger charge is -2.08. The Morgan fingerprint density at radius 2 is 2.27 bits per heavy atom. The number of nitriles is 1. The van der Waals surface area contributed by atoms with E-state index in [2.05, 4.69) is 0 Å². The molecule has 1 aromatic carbocycles. The lowest BCUT2D eigenvalue weighted by molar-refractivity contribution is 0.102. The Balaban J connectivity index is 3.34. The average Bonchev–Trinajstić information content (AvgIpc) is 2.28. The van der Waals surface area contributed by atoms with Gasteiger partial charge in [-0.05, 0) is 19.1 Å². The summed E-state index contributed by atoms with van der Waals surface area (Å²) in [5, 5.41) is 8.87. The molecule has 0 fully saturated rings. The quantitative estimate of drug-likeness (QED) is 0.584. The van der Waals surface area contributed by atoms with Gasteiger partial charge in [-0.1, -0.05) is 0 Å². The van der Waals surface area contributed by atoms with Crippen molar-refractivity contribution < 1.29 is 9.53 Å². The van der Waals surface area contributed by atoms with Crippen molar-refractivity contribution in [3.63, 3.8) is 0 Å². The van der Waals surface area contributed by atoms with E-state index in [0.717, 1.165) is 5.56 Å². The lowest BCUT2D eigenvalue weighted by Crippen LogP contribution is -2.03. The van der Waals surface area contributed by atoms with Crippen molar-refractivity contribution in [3.05, 3.63) is 28.8 Å². The second kappa shape index (κ2) is 4.81. The molecule has 0 spiro atoms. The van der Waals surface area contributed by atoms with E-state index in [4.69, 9.17) is 21.6 Å². The molecule has 4 heteroatoms. The summed E-state index contributed by atoms with van der Waals surface area (Å²) in [7, 11) is 1.50. The molecule has 0 N–H and O–H groups in total. The van der Waals surface area contributed by atoms with E-state index in [1.165, 1.54) is 13.2 Å². The van der Waals surface area contributed by atoms with Crippen LogP contribution in [0.25, 0.3) is 0 Å². The molecule has 3 nitrogen and oxygen atoms in total. The Hall–Kier alpha value is -1.53. The van der Waals surface area contributed by atoms with Gasteiger partial charge in [0.05, 0.1) is 24.6 Å². The van der Waals surface area contributed by atoms with Crippen LogP contribution in [0.4, 0.5) is 0 Å². The smallest absolute Gasteiger partial charge is 0.177 e. The third-order valence-corrected chi connectivity index (χ3v) is 2.39. The van der Waals surface area contributed by atoms with Crippen LogP contribution in [0.3, 0.4) is 0 Å². The molecule has 0 aliphatic heterocycles. The number of alkyl halides is 1. The van der Waals surface area contributed by atoms with Gasteiger partial charge in [-0.15, -0.1) is 11.6 Å². The molecule has 0 aliphatic rings. The van der Waals surface area contributed by atoms with Gasteiger partial charge in [0.1, 0.15) is 5.75 Å². The maximum Gasteiger partial charge on any atom is 0.177 e. The van der Waals surface area contributed by atoms with Gasteiger partial charge in [0.15, 0.2) is 5.78 Å². The summed E-state index contributed by atoms with van der Waals surface area (Å²) in [6, 6.07) is 5.14. The molecule has 1 rings (SSSR count). The minimum atomic E-state index is -0.216. The maximum atomic E-state index is 11.4. The van der Waals surface area contributed by atoms with Gasteiger partial charge in [-0.3, -0.25) is 4.79 Å². The molecule has 0 aliphatic carbocycles. The summed E-state index contributed by atoms with van der Waals surface area (Å²) >= 11 is 5.44. The van der Waals surface area contributed by atoms with Gasteiger partial charge in [0.25, 0.3) is 0 Å². The van der Waals surface area contributed by atoms with E-state index in [-0.39, 0.29) is 11.7 Å². The van der Waals surface area contributed by atoms with Gasteiger partial charge in [-0.25, -0.2) is 0 Å². The minimum Gasteiger partial charge on any atom is -0.496 e. The number of Topliss-reactive ketones (excluding diaryl/α,β-unsaturated/α-hetero) is 1. The first kappa shape index (κ1) is 11.5. The Bertz CT molecular complexity index is 435. The summed E-state index contributed by atoms with van der Waals surface area (Å²) in [6.45, 7) is 1.77. The molecular formula is C11H10ClNO2. The van der Waals surface area contributed by atoms with Crippen molar-refractivity contribution >= 4 is 17.4 Å². The topological polar surface area (TPSA) is 50.1 Å². The van der Waals surface area contributed by atoms with Gasteiger partial charge in [-0.2, -0.15) is 5.26 Å². The molecule has 0 unspecified atom stereocenters. The third kappa shape index (κ3) is 2.28. The van der Waals surface area contributed by atoms with Crippen molar-refractivity contribution in [3.8, 4) is 11.8 Å². The number of halogens is 1. The molecule has 0 amide bonds. The molecule has 0 bridgehead atoms. The second-order valence-electron chi connectivity index (χ2n) is 3.02. The van der Waals surface area contributed by atoms with Gasteiger partial charge in [0, 0.05) is 11.1 Å². The van der Waals surface area contributed by atoms with E-state index in [9.17, 15) is 4.79 Å². The number of methoxy groups -OCH3 is 1. The van der Waals surface area contributed by atoms with E-state index in [1.807, 2.05) is 6.07 Å². The van der Waals surface area contributed by atoms with Crippen LogP contribution in [0, 0.1) is 18.3 Å². The number of ether oxygens (including phenoxy) is 1. The van der Waals surface area contributed by atoms with Crippen LogP contribution >= 0.6 is 11.6 Å². The summed E-state index contributed by atoms with van der Waals surface area (Å²) in [6.07, 6.45) is 0. The van der Waals surface area contributed by atoms with Crippen LogP contribution in [0.5, 0.6) is 5.75 Å². The number of hydrogen-bond acceptors (Lipinski definition) is 3. The molecule has 78 valence electrons. The average molecular weight is 224 g/mol. The number of carbonyl (C=O) groups is 1. The summed E-state index contributed by atoms with van der Waals surface area (Å²) in [5.74, 6) is 0.214. The fourth-order valence-electron chi connectivity index (χ4n) is 1.25. The van der Waals surface area contributed by atoms with Crippen molar-refractivity contribution in [1.29, 1.82) is 5.26 Å². The molecule has 0 aromatic heterocycles. The highest BCUT2D eigenvalue weighted by Gasteiger charge is 2.11. The van der Waals surface area contributed by atoms with E-state index >= 15 is 0 Å². The van der Waals surface area contributed by atoms with Crippen molar-refractivity contribution in [1.82, 2.24) is 0 Å². The molecule has 1 aromatic rings. The van der Waals surface area contributed by atoms with Gasteiger partial charge >= 0.3 is 0 Å². The Labute approximate surface area is 93.2 Å². The Kier molecular flexibility index (Phi) is 3.70. The third-order valence-electron chi connectivity index (χ3n) is 2.14. The zero-order chi connectivity index (χ0) is 11.4.